The van der Waals surface area contributed by atoms with E-state index < -0.39 is 0 Å². The molecule has 0 atom stereocenters. The second kappa shape index (κ2) is 5.59. The zero-order valence-electron chi connectivity index (χ0n) is 4.38. The smallest absolute Gasteiger partial charge is 0.0654 e. The van der Waals surface area contributed by atoms with Gasteiger partial charge in [-0.15, -0.1) is 0 Å². The Kier molecular flexibility index (Phi) is 6.76. The Morgan fingerprint density at radius 1 is 1.43 bits per heavy atom. The molecule has 2 heteroatoms. The summed E-state index contributed by atoms with van der Waals surface area (Å²) >= 11 is 4.74. The molecule has 43 valence electrons. The molecule has 0 amide bonds. The van der Waals surface area contributed by atoms with Gasteiger partial charge in [0.15, 0.2) is 0 Å². The number of unbranched alkanes of at least 4 members (excludes halogenated alkanes) is 1. The van der Waals surface area contributed by atoms with E-state index in [1.54, 1.807) is 0 Å². The molecule has 0 heterocycles. The Bertz CT molecular complexity index is 35.1. The molecule has 0 aliphatic rings. The number of halogens is 2. The lowest BCUT2D eigenvalue weighted by Crippen LogP contribution is -1.72. The fourth-order valence-electron chi connectivity index (χ4n) is 0.310. The van der Waals surface area contributed by atoms with Crippen LogP contribution in [0, 0.1) is 1.93 Å². The standard InChI is InChI=1S/C5H9I2/c1-2-3-4-5(6)7/h2-4H2,1H3. The molecule has 0 rings (SSSR count). The van der Waals surface area contributed by atoms with E-state index in [0.29, 0.717) is 0 Å². The topological polar surface area (TPSA) is 0 Å². The van der Waals surface area contributed by atoms with Crippen LogP contribution in [0.2, 0.25) is 0 Å². The van der Waals surface area contributed by atoms with E-state index in [1.165, 1.54) is 21.2 Å². The average Bonchev–Trinajstić information content (AvgIpc) is 1.61. The molecule has 0 saturated heterocycles. The summed E-state index contributed by atoms with van der Waals surface area (Å²) in [5.41, 5.74) is 0. The predicted molar refractivity (Wildman–Crippen MR) is 50.8 cm³/mol. The van der Waals surface area contributed by atoms with Crippen molar-refractivity contribution in [2.24, 2.45) is 0 Å². The van der Waals surface area contributed by atoms with Gasteiger partial charge in [0.25, 0.3) is 0 Å². The van der Waals surface area contributed by atoms with Crippen molar-refractivity contribution < 1.29 is 0 Å². The van der Waals surface area contributed by atoms with Gasteiger partial charge in [0.05, 0.1) is 1.93 Å². The van der Waals surface area contributed by atoms with Crippen LogP contribution in [0.3, 0.4) is 0 Å². The molecule has 0 N–H and O–H groups in total. The van der Waals surface area contributed by atoms with Gasteiger partial charge >= 0.3 is 0 Å². The molecule has 0 aromatic rings. The summed E-state index contributed by atoms with van der Waals surface area (Å²) in [6, 6.07) is 0. The van der Waals surface area contributed by atoms with Gasteiger partial charge in [-0.2, -0.15) is 0 Å². The second-order valence-corrected chi connectivity index (χ2v) is 6.11. The summed E-state index contributed by atoms with van der Waals surface area (Å²) < 4.78 is 1.50. The summed E-state index contributed by atoms with van der Waals surface area (Å²) in [4.78, 5) is 0. The van der Waals surface area contributed by atoms with Gasteiger partial charge in [-0.1, -0.05) is 64.9 Å². The maximum Gasteiger partial charge on any atom is 0.0969 e. The molecule has 0 aliphatic carbocycles. The highest BCUT2D eigenvalue weighted by molar-refractivity contribution is 14.2. The first-order valence-electron chi connectivity index (χ1n) is 2.44. The van der Waals surface area contributed by atoms with Crippen molar-refractivity contribution in [3.05, 3.63) is 1.93 Å². The molecule has 0 aromatic carbocycles. The molecular formula is C5H9I2. The maximum absolute atomic E-state index is 2.37. The van der Waals surface area contributed by atoms with Gasteiger partial charge in [-0.3, -0.25) is 0 Å². The molecule has 0 bridgehead atoms. The minimum absolute atomic E-state index is 1.29. The van der Waals surface area contributed by atoms with Crippen molar-refractivity contribution in [3.63, 3.8) is 0 Å². The van der Waals surface area contributed by atoms with E-state index in [-0.39, 0.29) is 0 Å². The van der Waals surface area contributed by atoms with Gasteiger partial charge in [-0.05, 0) is 6.42 Å². The van der Waals surface area contributed by atoms with Gasteiger partial charge < -0.3 is 0 Å². The highest BCUT2D eigenvalue weighted by atomic mass is 127. The summed E-state index contributed by atoms with van der Waals surface area (Å²) in [6.07, 6.45) is 3.95. The molecule has 0 saturated carbocycles. The van der Waals surface area contributed by atoms with Gasteiger partial charge in [0.2, 0.25) is 0 Å². The van der Waals surface area contributed by atoms with Crippen LogP contribution in [0.5, 0.6) is 0 Å². The van der Waals surface area contributed by atoms with E-state index in [2.05, 4.69) is 52.1 Å². The van der Waals surface area contributed by atoms with Crippen molar-refractivity contribution >= 4 is 45.2 Å². The fraction of sp³-hybridized carbons (Fsp3) is 0.800. The summed E-state index contributed by atoms with van der Waals surface area (Å²) in [6.45, 7) is 2.22. The first-order valence-corrected chi connectivity index (χ1v) is 4.60. The molecular weight excluding hydrogens is 314 g/mol. The van der Waals surface area contributed by atoms with Crippen molar-refractivity contribution in [1.29, 1.82) is 0 Å². The zero-order chi connectivity index (χ0) is 5.70. The van der Waals surface area contributed by atoms with Crippen LogP contribution in [-0.2, 0) is 0 Å². The van der Waals surface area contributed by atoms with Crippen molar-refractivity contribution in [3.8, 4) is 0 Å². The van der Waals surface area contributed by atoms with E-state index in [4.69, 9.17) is 0 Å². The summed E-state index contributed by atoms with van der Waals surface area (Å²) in [5, 5.41) is 0. The number of hydrogen-bond donors (Lipinski definition) is 0. The van der Waals surface area contributed by atoms with Crippen molar-refractivity contribution in [2.45, 2.75) is 26.2 Å². The lowest BCUT2D eigenvalue weighted by Gasteiger charge is -1.94. The monoisotopic (exact) mass is 323 g/mol. The van der Waals surface area contributed by atoms with Crippen LogP contribution in [0.1, 0.15) is 26.2 Å². The van der Waals surface area contributed by atoms with Crippen LogP contribution in [0.4, 0.5) is 0 Å². The third-order valence-corrected chi connectivity index (χ3v) is 1.80. The fourth-order valence-corrected chi connectivity index (χ4v) is 1.07. The van der Waals surface area contributed by atoms with Crippen LogP contribution in [0.15, 0.2) is 0 Å². The zero-order valence-corrected chi connectivity index (χ0v) is 8.69. The van der Waals surface area contributed by atoms with Crippen LogP contribution in [0.25, 0.3) is 0 Å². The predicted octanol–water partition coefficient (Wildman–Crippen LogP) is 3.54. The quantitative estimate of drug-likeness (QED) is 0.697. The van der Waals surface area contributed by atoms with Gasteiger partial charge in [-0.25, -0.2) is 0 Å². The van der Waals surface area contributed by atoms with Crippen molar-refractivity contribution in [1.82, 2.24) is 0 Å². The highest BCUT2D eigenvalue weighted by Gasteiger charge is 1.94. The molecule has 0 unspecified atom stereocenters. The van der Waals surface area contributed by atoms with Crippen LogP contribution >= 0.6 is 45.2 Å². The number of hydrogen-bond acceptors (Lipinski definition) is 0. The lowest BCUT2D eigenvalue weighted by atomic mass is 10.3. The van der Waals surface area contributed by atoms with E-state index >= 15 is 0 Å². The third kappa shape index (κ3) is 7.46. The summed E-state index contributed by atoms with van der Waals surface area (Å²) in [5.74, 6) is 0. The van der Waals surface area contributed by atoms with E-state index in [0.717, 1.165) is 0 Å². The lowest BCUT2D eigenvalue weighted by molar-refractivity contribution is 0.807. The van der Waals surface area contributed by atoms with Crippen LogP contribution in [-0.4, -0.2) is 0 Å². The Morgan fingerprint density at radius 3 is 2.14 bits per heavy atom. The Morgan fingerprint density at radius 2 is 2.00 bits per heavy atom. The van der Waals surface area contributed by atoms with Gasteiger partial charge in [0.1, 0.15) is 0 Å². The minimum Gasteiger partial charge on any atom is -0.0654 e. The molecule has 1 radical (unpaired) electrons. The molecule has 0 fully saturated rings. The van der Waals surface area contributed by atoms with E-state index in [9.17, 15) is 0 Å². The summed E-state index contributed by atoms with van der Waals surface area (Å²) in [7, 11) is 0. The third-order valence-electron chi connectivity index (χ3n) is 0.719. The maximum atomic E-state index is 2.37. The molecule has 0 nitrogen and oxygen atoms in total. The largest absolute Gasteiger partial charge is 0.0969 e. The highest BCUT2D eigenvalue weighted by Crippen LogP contribution is 2.25. The SMILES string of the molecule is CCCC[C](I)I. The number of rotatable bonds is 3. The molecule has 0 aliphatic heterocycles. The van der Waals surface area contributed by atoms with E-state index in [1.807, 2.05) is 0 Å². The normalized spacial score (nSPS) is 10.3. The Hall–Kier alpha value is 1.46. The molecule has 0 spiro atoms. The second-order valence-electron chi connectivity index (χ2n) is 1.44. The Balaban J connectivity index is 2.68. The first kappa shape index (κ1) is 8.46. The molecule has 7 heavy (non-hydrogen) atoms. The average molecular weight is 323 g/mol. The minimum atomic E-state index is 1.29. The first-order chi connectivity index (χ1) is 3.27. The Labute approximate surface area is 72.7 Å². The van der Waals surface area contributed by atoms with Gasteiger partial charge in [0, 0.05) is 0 Å². The van der Waals surface area contributed by atoms with Crippen LogP contribution < -0.4 is 0 Å². The van der Waals surface area contributed by atoms with Crippen molar-refractivity contribution in [2.75, 3.05) is 0 Å². The molecule has 0 aromatic heterocycles.